The fourth-order valence-corrected chi connectivity index (χ4v) is 4.61. The number of rotatable bonds is 4. The third-order valence-corrected chi connectivity index (χ3v) is 5.64. The summed E-state index contributed by atoms with van der Waals surface area (Å²) in [4.78, 5) is 0. The van der Waals surface area contributed by atoms with Gasteiger partial charge in [-0.25, -0.2) is 0 Å². The molecule has 1 N–H and O–H groups in total. The Labute approximate surface area is 136 Å². The van der Waals surface area contributed by atoms with Crippen LogP contribution in [0.15, 0.2) is 28.7 Å². The van der Waals surface area contributed by atoms with Crippen molar-refractivity contribution in [3.63, 3.8) is 0 Å². The highest BCUT2D eigenvalue weighted by Gasteiger charge is 2.42. The van der Waals surface area contributed by atoms with Gasteiger partial charge in [-0.2, -0.15) is 0 Å². The summed E-state index contributed by atoms with van der Waals surface area (Å²) in [5, 5.41) is 3.73. The summed E-state index contributed by atoms with van der Waals surface area (Å²) < 4.78 is 7.38. The molecular weight excluding hydrogens is 326 g/mol. The zero-order chi connectivity index (χ0) is 14.7. The van der Waals surface area contributed by atoms with Crippen LogP contribution in [0.4, 0.5) is 0 Å². The van der Waals surface area contributed by atoms with Crippen molar-refractivity contribution in [2.75, 3.05) is 13.2 Å². The van der Waals surface area contributed by atoms with E-state index in [0.717, 1.165) is 13.2 Å². The molecule has 1 aromatic rings. The lowest BCUT2D eigenvalue weighted by Gasteiger charge is -2.41. The average molecular weight is 352 g/mol. The third kappa shape index (κ3) is 3.52. The molecule has 2 nitrogen and oxygen atoms in total. The molecule has 1 aliphatic heterocycles. The molecule has 0 bridgehead atoms. The van der Waals surface area contributed by atoms with E-state index in [1.54, 1.807) is 0 Å². The summed E-state index contributed by atoms with van der Waals surface area (Å²) in [7, 11) is 0. The SMILES string of the molecule is CCNC(c1cccc(Br)c1)C1CCOC2(CCCC2)C1. The van der Waals surface area contributed by atoms with Crippen LogP contribution >= 0.6 is 15.9 Å². The molecule has 2 aliphatic rings. The molecule has 1 saturated carbocycles. The van der Waals surface area contributed by atoms with Crippen LogP contribution in [0.2, 0.25) is 0 Å². The van der Waals surface area contributed by atoms with Crippen molar-refractivity contribution < 1.29 is 4.74 Å². The minimum atomic E-state index is 0.197. The van der Waals surface area contributed by atoms with Gasteiger partial charge in [-0.15, -0.1) is 0 Å². The fourth-order valence-electron chi connectivity index (χ4n) is 4.19. The van der Waals surface area contributed by atoms with Gasteiger partial charge in [0, 0.05) is 17.1 Å². The molecule has 0 radical (unpaired) electrons. The van der Waals surface area contributed by atoms with E-state index in [9.17, 15) is 0 Å². The van der Waals surface area contributed by atoms with Crippen molar-refractivity contribution in [2.45, 2.75) is 57.1 Å². The van der Waals surface area contributed by atoms with Crippen molar-refractivity contribution in [3.05, 3.63) is 34.3 Å². The van der Waals surface area contributed by atoms with Crippen molar-refractivity contribution >= 4 is 15.9 Å². The zero-order valence-electron chi connectivity index (χ0n) is 12.9. The topological polar surface area (TPSA) is 21.3 Å². The maximum atomic E-state index is 6.21. The standard InChI is InChI=1S/C18H26BrNO/c1-2-20-17(14-6-5-7-16(19)12-14)15-8-11-21-18(13-15)9-3-4-10-18/h5-7,12,15,17,20H,2-4,8-11,13H2,1H3. The number of ether oxygens (including phenoxy) is 1. The lowest BCUT2D eigenvalue weighted by molar-refractivity contribution is -0.0981. The van der Waals surface area contributed by atoms with Crippen molar-refractivity contribution in [1.29, 1.82) is 0 Å². The number of benzene rings is 1. The van der Waals surface area contributed by atoms with Gasteiger partial charge in [0.05, 0.1) is 5.60 Å². The Morgan fingerprint density at radius 3 is 2.90 bits per heavy atom. The van der Waals surface area contributed by atoms with Gasteiger partial charge in [0.1, 0.15) is 0 Å². The van der Waals surface area contributed by atoms with Gasteiger partial charge in [0.15, 0.2) is 0 Å². The monoisotopic (exact) mass is 351 g/mol. The van der Waals surface area contributed by atoms with Gasteiger partial charge in [0.2, 0.25) is 0 Å². The first-order valence-electron chi connectivity index (χ1n) is 8.35. The Kier molecular flexibility index (Phi) is 5.03. The zero-order valence-corrected chi connectivity index (χ0v) is 14.5. The van der Waals surface area contributed by atoms with Crippen molar-refractivity contribution in [3.8, 4) is 0 Å². The second-order valence-electron chi connectivity index (χ2n) is 6.58. The summed E-state index contributed by atoms with van der Waals surface area (Å²) in [5.74, 6) is 0.686. The van der Waals surface area contributed by atoms with Crippen molar-refractivity contribution in [1.82, 2.24) is 5.32 Å². The van der Waals surface area contributed by atoms with E-state index in [0.29, 0.717) is 12.0 Å². The van der Waals surface area contributed by atoms with Gasteiger partial charge in [-0.3, -0.25) is 0 Å². The molecule has 0 aromatic heterocycles. The summed E-state index contributed by atoms with van der Waals surface area (Å²) in [5.41, 5.74) is 1.61. The van der Waals surface area contributed by atoms with Gasteiger partial charge in [0.25, 0.3) is 0 Å². The normalized spacial score (nSPS) is 26.1. The molecule has 2 unspecified atom stereocenters. The first kappa shape index (κ1) is 15.5. The van der Waals surface area contributed by atoms with E-state index in [2.05, 4.69) is 52.4 Å². The molecule has 3 heteroatoms. The van der Waals surface area contributed by atoms with Crippen LogP contribution in [0, 0.1) is 5.92 Å². The molecule has 3 rings (SSSR count). The lowest BCUT2D eigenvalue weighted by Crippen LogP contribution is -2.42. The molecule has 0 amide bonds. The van der Waals surface area contributed by atoms with Gasteiger partial charge >= 0.3 is 0 Å². The average Bonchev–Trinajstić information content (AvgIpc) is 2.92. The molecule has 116 valence electrons. The van der Waals surface area contributed by atoms with Gasteiger partial charge < -0.3 is 10.1 Å². The maximum Gasteiger partial charge on any atom is 0.0686 e. The van der Waals surface area contributed by atoms with Crippen LogP contribution in [0.25, 0.3) is 0 Å². The lowest BCUT2D eigenvalue weighted by atomic mass is 9.78. The Bertz CT molecular complexity index is 470. The second kappa shape index (κ2) is 6.80. The highest BCUT2D eigenvalue weighted by molar-refractivity contribution is 9.10. The fraction of sp³-hybridized carbons (Fsp3) is 0.667. The van der Waals surface area contributed by atoms with E-state index in [-0.39, 0.29) is 5.60 Å². The molecule has 1 spiro atoms. The Hall–Kier alpha value is -0.380. The van der Waals surface area contributed by atoms with Crippen molar-refractivity contribution in [2.24, 2.45) is 5.92 Å². The molecule has 2 atom stereocenters. The minimum absolute atomic E-state index is 0.197. The summed E-state index contributed by atoms with van der Waals surface area (Å²) >= 11 is 3.61. The predicted octanol–water partition coefficient (Wildman–Crippen LogP) is 4.84. The molecule has 2 fully saturated rings. The molecule has 21 heavy (non-hydrogen) atoms. The molecule has 1 heterocycles. The molecule has 1 aliphatic carbocycles. The van der Waals surface area contributed by atoms with E-state index in [1.807, 2.05) is 0 Å². The first-order chi connectivity index (χ1) is 10.2. The van der Waals surface area contributed by atoms with Crippen LogP contribution in [0.1, 0.15) is 57.1 Å². The third-order valence-electron chi connectivity index (χ3n) is 5.15. The largest absolute Gasteiger partial charge is 0.375 e. The molecule has 1 aromatic carbocycles. The molecule has 1 saturated heterocycles. The number of hydrogen-bond acceptors (Lipinski definition) is 2. The highest BCUT2D eigenvalue weighted by Crippen LogP contribution is 2.45. The Morgan fingerprint density at radius 1 is 1.38 bits per heavy atom. The van der Waals surface area contributed by atoms with Gasteiger partial charge in [-0.05, 0) is 55.8 Å². The minimum Gasteiger partial charge on any atom is -0.375 e. The van der Waals surface area contributed by atoms with Crippen LogP contribution in [0.3, 0.4) is 0 Å². The van der Waals surface area contributed by atoms with Crippen LogP contribution in [-0.4, -0.2) is 18.8 Å². The number of hydrogen-bond donors (Lipinski definition) is 1. The summed E-state index contributed by atoms with van der Waals surface area (Å²) in [6, 6.07) is 9.23. The first-order valence-corrected chi connectivity index (χ1v) is 9.14. The van der Waals surface area contributed by atoms with E-state index in [1.165, 1.54) is 48.6 Å². The number of halogens is 1. The van der Waals surface area contributed by atoms with E-state index in [4.69, 9.17) is 4.74 Å². The smallest absolute Gasteiger partial charge is 0.0686 e. The highest BCUT2D eigenvalue weighted by atomic mass is 79.9. The molecular formula is C18H26BrNO. The Balaban J connectivity index is 1.80. The summed E-state index contributed by atoms with van der Waals surface area (Å²) in [6.45, 7) is 4.15. The number of nitrogens with one attached hydrogen (secondary N) is 1. The second-order valence-corrected chi connectivity index (χ2v) is 7.50. The quantitative estimate of drug-likeness (QED) is 0.837. The Morgan fingerprint density at radius 2 is 2.19 bits per heavy atom. The van der Waals surface area contributed by atoms with Crippen LogP contribution < -0.4 is 5.32 Å². The van der Waals surface area contributed by atoms with E-state index < -0.39 is 0 Å². The maximum absolute atomic E-state index is 6.21. The summed E-state index contributed by atoms with van der Waals surface area (Å²) in [6.07, 6.45) is 7.61. The van der Waals surface area contributed by atoms with E-state index >= 15 is 0 Å². The van der Waals surface area contributed by atoms with Gasteiger partial charge in [-0.1, -0.05) is 47.8 Å². The predicted molar refractivity (Wildman–Crippen MR) is 90.4 cm³/mol. The van der Waals surface area contributed by atoms with Crippen LogP contribution in [0.5, 0.6) is 0 Å². The van der Waals surface area contributed by atoms with Crippen LogP contribution in [-0.2, 0) is 4.74 Å².